The third-order valence-corrected chi connectivity index (χ3v) is 5.95. The molecule has 2 aromatic carbocycles. The molecule has 0 heterocycles. The van der Waals surface area contributed by atoms with Crippen LogP contribution in [0.15, 0.2) is 48.5 Å². The first-order valence-corrected chi connectivity index (χ1v) is 9.03. The molecule has 0 aromatic heterocycles. The number of halogens is 2. The van der Waals surface area contributed by atoms with Gasteiger partial charge in [0.05, 0.1) is 0 Å². The van der Waals surface area contributed by atoms with E-state index in [0.717, 1.165) is 6.42 Å². The van der Waals surface area contributed by atoms with Gasteiger partial charge in [0.15, 0.2) is 0 Å². The number of rotatable bonds is 5. The van der Waals surface area contributed by atoms with Crippen LogP contribution >= 0.6 is 23.2 Å². The SMILES string of the molecule is O=C(CCC1CC1(Cl)Cl)OCC1c2ccccc2-c2ccccc21. The summed E-state index contributed by atoms with van der Waals surface area (Å²) < 4.78 is 4.94. The lowest BCUT2D eigenvalue weighted by Gasteiger charge is -2.14. The van der Waals surface area contributed by atoms with E-state index in [-0.39, 0.29) is 17.8 Å². The summed E-state index contributed by atoms with van der Waals surface area (Å²) in [7, 11) is 0. The van der Waals surface area contributed by atoms with Gasteiger partial charge in [0.1, 0.15) is 10.9 Å². The Morgan fingerprint density at radius 2 is 1.58 bits per heavy atom. The second-order valence-electron chi connectivity index (χ2n) is 6.61. The van der Waals surface area contributed by atoms with Crippen molar-refractivity contribution in [2.24, 2.45) is 5.92 Å². The molecule has 1 atom stereocenters. The molecule has 2 nitrogen and oxygen atoms in total. The fourth-order valence-corrected chi connectivity index (χ4v) is 4.15. The molecule has 4 rings (SSSR count). The van der Waals surface area contributed by atoms with Crippen LogP contribution in [-0.2, 0) is 9.53 Å². The van der Waals surface area contributed by atoms with Crippen molar-refractivity contribution in [3.8, 4) is 11.1 Å². The summed E-state index contributed by atoms with van der Waals surface area (Å²) in [5, 5.41) is 0. The highest BCUT2D eigenvalue weighted by molar-refractivity contribution is 6.50. The number of alkyl halides is 2. The van der Waals surface area contributed by atoms with Gasteiger partial charge >= 0.3 is 5.97 Å². The minimum atomic E-state index is -0.621. The van der Waals surface area contributed by atoms with Gasteiger partial charge < -0.3 is 4.74 Å². The summed E-state index contributed by atoms with van der Waals surface area (Å²) >= 11 is 12.0. The molecule has 24 heavy (non-hydrogen) atoms. The summed E-state index contributed by atoms with van der Waals surface area (Å²) in [4.78, 5) is 12.1. The summed E-state index contributed by atoms with van der Waals surface area (Å²) in [6.45, 7) is 0.379. The van der Waals surface area contributed by atoms with E-state index in [4.69, 9.17) is 27.9 Å². The summed E-state index contributed by atoms with van der Waals surface area (Å²) in [6, 6.07) is 16.7. The summed E-state index contributed by atoms with van der Waals surface area (Å²) in [5.74, 6) is 0.164. The molecule has 0 N–H and O–H groups in total. The smallest absolute Gasteiger partial charge is 0.305 e. The normalized spacial score (nSPS) is 20.3. The second kappa shape index (κ2) is 6.09. The minimum Gasteiger partial charge on any atom is -0.465 e. The van der Waals surface area contributed by atoms with Gasteiger partial charge in [0.25, 0.3) is 0 Å². The van der Waals surface area contributed by atoms with Crippen LogP contribution in [0.5, 0.6) is 0 Å². The van der Waals surface area contributed by atoms with Crippen LogP contribution in [0.3, 0.4) is 0 Å². The van der Waals surface area contributed by atoms with Gasteiger partial charge in [-0.25, -0.2) is 0 Å². The Morgan fingerprint density at radius 3 is 2.12 bits per heavy atom. The molecular formula is C20H18Cl2O2. The number of carbonyl (C=O) groups excluding carboxylic acids is 1. The zero-order chi connectivity index (χ0) is 16.7. The molecule has 0 radical (unpaired) electrons. The predicted molar refractivity (Wildman–Crippen MR) is 96.5 cm³/mol. The average Bonchev–Trinajstić information content (AvgIpc) is 3.08. The van der Waals surface area contributed by atoms with Crippen molar-refractivity contribution in [2.75, 3.05) is 6.61 Å². The van der Waals surface area contributed by atoms with E-state index in [0.29, 0.717) is 19.4 Å². The van der Waals surface area contributed by atoms with Gasteiger partial charge in [-0.3, -0.25) is 4.79 Å². The molecule has 2 aliphatic rings. The van der Waals surface area contributed by atoms with Crippen molar-refractivity contribution >= 4 is 29.2 Å². The first kappa shape index (κ1) is 16.0. The zero-order valence-corrected chi connectivity index (χ0v) is 14.7. The zero-order valence-electron chi connectivity index (χ0n) is 13.2. The Balaban J connectivity index is 1.42. The second-order valence-corrected chi connectivity index (χ2v) is 8.15. The molecule has 1 saturated carbocycles. The number of carbonyl (C=O) groups is 1. The Hall–Kier alpha value is -1.51. The van der Waals surface area contributed by atoms with Crippen molar-refractivity contribution in [1.29, 1.82) is 0 Å². The predicted octanol–water partition coefficient (Wildman–Crippen LogP) is 5.32. The van der Waals surface area contributed by atoms with Gasteiger partial charge in [0, 0.05) is 12.3 Å². The van der Waals surface area contributed by atoms with Crippen LogP contribution in [0.4, 0.5) is 0 Å². The Morgan fingerprint density at radius 1 is 1.04 bits per heavy atom. The van der Waals surface area contributed by atoms with E-state index >= 15 is 0 Å². The molecule has 1 fully saturated rings. The Labute approximate surface area is 151 Å². The minimum absolute atomic E-state index is 0.113. The number of hydrogen-bond acceptors (Lipinski definition) is 2. The van der Waals surface area contributed by atoms with Gasteiger partial charge in [-0.05, 0) is 41.0 Å². The van der Waals surface area contributed by atoms with E-state index < -0.39 is 4.33 Å². The molecular weight excluding hydrogens is 343 g/mol. The molecule has 2 aliphatic carbocycles. The highest BCUT2D eigenvalue weighted by Crippen LogP contribution is 2.55. The molecule has 1 unspecified atom stereocenters. The Bertz CT molecular complexity index is 739. The molecule has 2 aromatic rings. The largest absolute Gasteiger partial charge is 0.465 e. The van der Waals surface area contributed by atoms with E-state index in [2.05, 4.69) is 24.3 Å². The lowest BCUT2D eigenvalue weighted by molar-refractivity contribution is -0.144. The van der Waals surface area contributed by atoms with Crippen LogP contribution in [0.1, 0.15) is 36.3 Å². The van der Waals surface area contributed by atoms with Gasteiger partial charge in [-0.2, -0.15) is 0 Å². The van der Waals surface area contributed by atoms with Crippen LogP contribution in [-0.4, -0.2) is 16.9 Å². The van der Waals surface area contributed by atoms with E-state index in [1.165, 1.54) is 22.3 Å². The van der Waals surface area contributed by atoms with Gasteiger partial charge in [-0.1, -0.05) is 48.5 Å². The maximum atomic E-state index is 12.1. The van der Waals surface area contributed by atoms with Crippen molar-refractivity contribution in [1.82, 2.24) is 0 Å². The number of fused-ring (bicyclic) bond motifs is 3. The van der Waals surface area contributed by atoms with Crippen LogP contribution in [0.25, 0.3) is 11.1 Å². The maximum absolute atomic E-state index is 12.1. The fourth-order valence-electron chi connectivity index (χ4n) is 3.56. The molecule has 0 spiro atoms. The molecule has 0 saturated heterocycles. The van der Waals surface area contributed by atoms with E-state index in [9.17, 15) is 4.79 Å². The van der Waals surface area contributed by atoms with E-state index in [1.807, 2.05) is 24.3 Å². The lowest BCUT2D eigenvalue weighted by atomic mass is 9.98. The third kappa shape index (κ3) is 2.94. The first-order valence-electron chi connectivity index (χ1n) is 8.28. The van der Waals surface area contributed by atoms with E-state index in [1.54, 1.807) is 0 Å². The quantitative estimate of drug-likeness (QED) is 0.532. The lowest BCUT2D eigenvalue weighted by Crippen LogP contribution is -2.12. The monoisotopic (exact) mass is 360 g/mol. The third-order valence-electron chi connectivity index (χ3n) is 5.03. The van der Waals surface area contributed by atoms with Gasteiger partial charge in [0.2, 0.25) is 0 Å². The summed E-state index contributed by atoms with van der Waals surface area (Å²) in [6.07, 6.45) is 1.85. The number of esters is 1. The summed E-state index contributed by atoms with van der Waals surface area (Å²) in [5.41, 5.74) is 4.94. The van der Waals surface area contributed by atoms with Crippen molar-refractivity contribution in [2.45, 2.75) is 29.5 Å². The Kier molecular flexibility index (Phi) is 4.06. The average molecular weight is 361 g/mol. The number of hydrogen-bond donors (Lipinski definition) is 0. The van der Waals surface area contributed by atoms with Gasteiger partial charge in [-0.15, -0.1) is 23.2 Å². The highest BCUT2D eigenvalue weighted by Gasteiger charge is 2.51. The highest BCUT2D eigenvalue weighted by atomic mass is 35.5. The van der Waals surface area contributed by atoms with Crippen molar-refractivity contribution in [3.05, 3.63) is 59.7 Å². The maximum Gasteiger partial charge on any atom is 0.305 e. The molecule has 124 valence electrons. The topological polar surface area (TPSA) is 26.3 Å². The standard InChI is InChI=1S/C20H18Cl2O2/c21-20(22)11-13(20)9-10-19(23)24-12-18-16-7-3-1-5-14(16)15-6-2-4-8-17(15)18/h1-8,13,18H,9-12H2. The first-order chi connectivity index (χ1) is 11.6. The van der Waals surface area contributed by atoms with Crippen LogP contribution < -0.4 is 0 Å². The number of ether oxygens (including phenoxy) is 1. The van der Waals surface area contributed by atoms with Crippen LogP contribution in [0.2, 0.25) is 0 Å². The van der Waals surface area contributed by atoms with Crippen molar-refractivity contribution < 1.29 is 9.53 Å². The fraction of sp³-hybridized carbons (Fsp3) is 0.350. The molecule has 4 heteroatoms. The molecule has 0 aliphatic heterocycles. The van der Waals surface area contributed by atoms with Crippen LogP contribution in [0, 0.1) is 5.92 Å². The number of benzene rings is 2. The van der Waals surface area contributed by atoms with Crippen molar-refractivity contribution in [3.63, 3.8) is 0 Å². The molecule has 0 amide bonds. The molecule has 0 bridgehead atoms.